The van der Waals surface area contributed by atoms with Crippen molar-refractivity contribution in [3.05, 3.63) is 88.8 Å². The SMILES string of the molecule is Cc1ncc2c(n1)CCC(NC(=O)NCc1cccc(S(=O)(=O)NCc3cccc(F)c3)c1)C2. The number of benzene rings is 2. The van der Waals surface area contributed by atoms with Crippen LogP contribution in [0.3, 0.4) is 0 Å². The van der Waals surface area contributed by atoms with Gasteiger partial charge in [-0.1, -0.05) is 24.3 Å². The number of nitrogens with one attached hydrogen (secondary N) is 3. The van der Waals surface area contributed by atoms with E-state index in [0.29, 0.717) is 17.5 Å². The summed E-state index contributed by atoms with van der Waals surface area (Å²) in [6.07, 6.45) is 4.07. The van der Waals surface area contributed by atoms with Crippen molar-refractivity contribution in [2.24, 2.45) is 0 Å². The molecule has 1 aliphatic carbocycles. The molecule has 4 rings (SSSR count). The number of hydrogen-bond donors (Lipinski definition) is 3. The number of rotatable bonds is 7. The van der Waals surface area contributed by atoms with Gasteiger partial charge in [0.2, 0.25) is 10.0 Å². The van der Waals surface area contributed by atoms with Crippen LogP contribution < -0.4 is 15.4 Å². The molecule has 2 amide bonds. The summed E-state index contributed by atoms with van der Waals surface area (Å²) < 4.78 is 41.1. The molecule has 1 aliphatic rings. The van der Waals surface area contributed by atoms with Crippen molar-refractivity contribution in [3.8, 4) is 0 Å². The lowest BCUT2D eigenvalue weighted by Gasteiger charge is -2.24. The van der Waals surface area contributed by atoms with E-state index in [0.717, 1.165) is 29.9 Å². The first-order valence-corrected chi connectivity index (χ1v) is 12.5. The quantitative estimate of drug-likeness (QED) is 0.478. The molecule has 1 atom stereocenters. The molecule has 2 aromatic carbocycles. The van der Waals surface area contributed by atoms with Gasteiger partial charge in [-0.3, -0.25) is 0 Å². The number of amides is 2. The second-order valence-electron chi connectivity index (χ2n) is 8.26. The maximum atomic E-state index is 13.3. The summed E-state index contributed by atoms with van der Waals surface area (Å²) in [4.78, 5) is 21.2. The van der Waals surface area contributed by atoms with E-state index in [1.54, 1.807) is 18.2 Å². The molecule has 0 bridgehead atoms. The number of nitrogens with zero attached hydrogens (tertiary/aromatic N) is 2. The van der Waals surface area contributed by atoms with Crippen LogP contribution >= 0.6 is 0 Å². The Balaban J connectivity index is 1.30. The van der Waals surface area contributed by atoms with Crippen molar-refractivity contribution in [2.75, 3.05) is 0 Å². The number of carbonyl (C=O) groups excluding carboxylic acids is 1. The minimum atomic E-state index is -3.80. The molecule has 0 saturated carbocycles. The highest BCUT2D eigenvalue weighted by molar-refractivity contribution is 7.89. The largest absolute Gasteiger partial charge is 0.335 e. The zero-order valence-corrected chi connectivity index (χ0v) is 19.5. The Bertz CT molecular complexity index is 1300. The number of sulfonamides is 1. The van der Waals surface area contributed by atoms with E-state index >= 15 is 0 Å². The maximum absolute atomic E-state index is 13.3. The zero-order valence-electron chi connectivity index (χ0n) is 18.7. The Labute approximate surface area is 198 Å². The first-order valence-electron chi connectivity index (χ1n) is 11.0. The van der Waals surface area contributed by atoms with Crippen molar-refractivity contribution in [2.45, 2.75) is 50.2 Å². The smallest absolute Gasteiger partial charge is 0.315 e. The fourth-order valence-electron chi connectivity index (χ4n) is 3.88. The van der Waals surface area contributed by atoms with E-state index in [4.69, 9.17) is 0 Å². The van der Waals surface area contributed by atoms with Crippen LogP contribution in [0.5, 0.6) is 0 Å². The number of carbonyl (C=O) groups is 1. The van der Waals surface area contributed by atoms with Crippen molar-refractivity contribution in [1.82, 2.24) is 25.3 Å². The minimum absolute atomic E-state index is 0.0162. The molecule has 10 heteroatoms. The first-order chi connectivity index (χ1) is 16.3. The Hall–Kier alpha value is -3.37. The lowest BCUT2D eigenvalue weighted by Crippen LogP contribution is -2.44. The van der Waals surface area contributed by atoms with Crippen LogP contribution in [-0.4, -0.2) is 30.5 Å². The molecule has 0 fully saturated rings. The molecule has 1 aromatic heterocycles. The number of hydrogen-bond acceptors (Lipinski definition) is 5. The van der Waals surface area contributed by atoms with Gasteiger partial charge >= 0.3 is 6.03 Å². The fraction of sp³-hybridized carbons (Fsp3) is 0.292. The van der Waals surface area contributed by atoms with Crippen molar-refractivity contribution in [3.63, 3.8) is 0 Å². The summed E-state index contributed by atoms with van der Waals surface area (Å²) in [7, 11) is -3.80. The van der Waals surface area contributed by atoms with Crippen molar-refractivity contribution >= 4 is 16.1 Å². The van der Waals surface area contributed by atoms with E-state index in [9.17, 15) is 17.6 Å². The Morgan fingerprint density at radius 3 is 2.68 bits per heavy atom. The van der Waals surface area contributed by atoms with E-state index < -0.39 is 15.8 Å². The average molecular weight is 484 g/mol. The second kappa shape index (κ2) is 10.3. The van der Waals surface area contributed by atoms with E-state index in [1.165, 1.54) is 30.3 Å². The van der Waals surface area contributed by atoms with E-state index in [1.807, 2.05) is 13.1 Å². The molecular weight excluding hydrogens is 457 g/mol. The molecule has 1 unspecified atom stereocenters. The summed E-state index contributed by atoms with van der Waals surface area (Å²) in [6, 6.07) is 11.7. The molecule has 3 N–H and O–H groups in total. The Morgan fingerprint density at radius 2 is 1.88 bits per heavy atom. The highest BCUT2D eigenvalue weighted by Gasteiger charge is 2.21. The van der Waals surface area contributed by atoms with E-state index in [2.05, 4.69) is 25.3 Å². The number of halogens is 1. The predicted octanol–water partition coefficient (Wildman–Crippen LogP) is 2.76. The minimum Gasteiger partial charge on any atom is -0.335 e. The summed E-state index contributed by atoms with van der Waals surface area (Å²) in [5.74, 6) is 0.320. The van der Waals surface area contributed by atoms with Gasteiger partial charge in [-0.15, -0.1) is 0 Å². The molecule has 8 nitrogen and oxygen atoms in total. The molecule has 0 saturated heterocycles. The predicted molar refractivity (Wildman–Crippen MR) is 125 cm³/mol. The summed E-state index contributed by atoms with van der Waals surface area (Å²) in [6.45, 7) is 2.00. The third-order valence-electron chi connectivity index (χ3n) is 5.62. The van der Waals surface area contributed by atoms with Gasteiger partial charge in [-0.25, -0.2) is 32.3 Å². The van der Waals surface area contributed by atoms with Crippen LogP contribution in [0.2, 0.25) is 0 Å². The molecular formula is C24H26FN5O3S. The molecule has 0 spiro atoms. The Kier molecular flexibility index (Phi) is 7.18. The highest BCUT2D eigenvalue weighted by Crippen LogP contribution is 2.19. The van der Waals surface area contributed by atoms with Gasteiger partial charge in [0.1, 0.15) is 11.6 Å². The molecule has 1 heterocycles. The van der Waals surface area contributed by atoms with Crippen LogP contribution in [-0.2, 0) is 36.0 Å². The first kappa shape index (κ1) is 23.8. The molecule has 0 aliphatic heterocycles. The average Bonchev–Trinajstić information content (AvgIpc) is 2.82. The van der Waals surface area contributed by atoms with Gasteiger partial charge < -0.3 is 10.6 Å². The third kappa shape index (κ3) is 6.15. The maximum Gasteiger partial charge on any atom is 0.315 e. The molecule has 3 aromatic rings. The van der Waals surface area contributed by atoms with Crippen LogP contribution in [0.4, 0.5) is 9.18 Å². The van der Waals surface area contributed by atoms with Gasteiger partial charge in [0.05, 0.1) is 4.90 Å². The van der Waals surface area contributed by atoms with Gasteiger partial charge in [0.25, 0.3) is 0 Å². The van der Waals surface area contributed by atoms with E-state index in [-0.39, 0.29) is 30.1 Å². The Morgan fingerprint density at radius 1 is 1.12 bits per heavy atom. The van der Waals surface area contributed by atoms with Crippen molar-refractivity contribution in [1.29, 1.82) is 0 Å². The van der Waals surface area contributed by atoms with Crippen molar-refractivity contribution < 1.29 is 17.6 Å². The number of aryl methyl sites for hydroxylation is 2. The summed E-state index contributed by atoms with van der Waals surface area (Å²) in [5.41, 5.74) is 3.24. The standard InChI is InChI=1S/C24H26FN5O3S/c1-16-26-15-19-12-21(8-9-23(19)29-16)30-24(31)27-13-18-5-3-7-22(11-18)34(32,33)28-14-17-4-2-6-20(25)10-17/h2-7,10-11,15,21,28H,8-9,12-14H2,1H3,(H2,27,30,31). The topological polar surface area (TPSA) is 113 Å². The molecule has 178 valence electrons. The van der Waals surface area contributed by atoms with Crippen LogP contribution in [0.1, 0.15) is 34.6 Å². The van der Waals surface area contributed by atoms with Gasteiger partial charge in [0.15, 0.2) is 0 Å². The lowest BCUT2D eigenvalue weighted by atomic mass is 9.93. The number of aromatic nitrogens is 2. The summed E-state index contributed by atoms with van der Waals surface area (Å²) >= 11 is 0. The monoisotopic (exact) mass is 483 g/mol. The number of urea groups is 1. The van der Waals surface area contributed by atoms with Crippen LogP contribution in [0.15, 0.2) is 59.6 Å². The normalized spacial score (nSPS) is 15.4. The zero-order chi connectivity index (χ0) is 24.1. The van der Waals surface area contributed by atoms with Gasteiger partial charge in [0, 0.05) is 31.0 Å². The van der Waals surface area contributed by atoms with Crippen LogP contribution in [0.25, 0.3) is 0 Å². The van der Waals surface area contributed by atoms with Crippen LogP contribution in [0, 0.1) is 12.7 Å². The second-order valence-corrected chi connectivity index (χ2v) is 10.0. The van der Waals surface area contributed by atoms with Gasteiger partial charge in [-0.05, 0) is 67.1 Å². The molecule has 0 radical (unpaired) electrons. The lowest BCUT2D eigenvalue weighted by molar-refractivity contribution is 0.235. The molecule has 34 heavy (non-hydrogen) atoms. The summed E-state index contributed by atoms with van der Waals surface area (Å²) in [5, 5.41) is 5.75. The van der Waals surface area contributed by atoms with Gasteiger partial charge in [-0.2, -0.15) is 0 Å². The third-order valence-corrected chi connectivity index (χ3v) is 7.02. The fourth-order valence-corrected chi connectivity index (χ4v) is 4.97. The highest BCUT2D eigenvalue weighted by atomic mass is 32.2. The number of fused-ring (bicyclic) bond motifs is 1.